The summed E-state index contributed by atoms with van der Waals surface area (Å²) in [4.78, 5) is 0. The summed E-state index contributed by atoms with van der Waals surface area (Å²) in [5.41, 5.74) is 0. The molecule has 21 heavy (non-hydrogen) atoms. The van der Waals surface area contributed by atoms with Crippen LogP contribution < -0.4 is 0 Å². The van der Waals surface area contributed by atoms with E-state index in [-0.39, 0.29) is 12.2 Å². The number of rotatable bonds is 13. The number of aliphatic hydroxyl groups excluding tert-OH is 1. The van der Waals surface area contributed by atoms with Crippen molar-refractivity contribution in [2.24, 2.45) is 0 Å². The third-order valence-electron chi connectivity index (χ3n) is 3.90. The van der Waals surface area contributed by atoms with Gasteiger partial charge in [-0.1, -0.05) is 64.7 Å². The fourth-order valence-corrected chi connectivity index (χ4v) is 2.36. The summed E-state index contributed by atoms with van der Waals surface area (Å²) >= 11 is 0. The molecule has 0 aliphatic rings. The lowest BCUT2D eigenvalue weighted by atomic mass is 10.0. The van der Waals surface area contributed by atoms with Gasteiger partial charge < -0.3 is 20.1 Å². The van der Waals surface area contributed by atoms with Crippen LogP contribution in [0.2, 0.25) is 0 Å². The van der Waals surface area contributed by atoms with E-state index in [1.807, 2.05) is 0 Å². The van der Waals surface area contributed by atoms with Gasteiger partial charge in [0.05, 0.1) is 7.11 Å². The molecule has 0 amide bonds. The Morgan fingerprint density at radius 3 is 1.71 bits per heavy atom. The lowest BCUT2D eigenvalue weighted by Gasteiger charge is -2.22. The van der Waals surface area contributed by atoms with Crippen LogP contribution in [0.5, 0.6) is 0 Å². The molecular weight excluding hydrogens is 268 g/mol. The van der Waals surface area contributed by atoms with Gasteiger partial charge in [0.25, 0.3) is 0 Å². The molecule has 4 heteroatoms. The Morgan fingerprint density at radius 2 is 1.29 bits per heavy atom. The molecule has 0 atom stereocenters. The van der Waals surface area contributed by atoms with E-state index in [2.05, 4.69) is 6.92 Å². The van der Waals surface area contributed by atoms with E-state index < -0.39 is 11.5 Å². The minimum Gasteiger partial charge on any atom is -0.504 e. The first kappa shape index (κ1) is 20.3. The molecule has 0 fully saturated rings. The molecule has 0 aromatic heterocycles. The van der Waals surface area contributed by atoms with Gasteiger partial charge in [0, 0.05) is 6.42 Å². The normalized spacial score (nSPS) is 13.2. The van der Waals surface area contributed by atoms with Gasteiger partial charge in [0.2, 0.25) is 5.79 Å². The predicted molar refractivity (Wildman–Crippen MR) is 86.0 cm³/mol. The molecule has 0 unspecified atom stereocenters. The van der Waals surface area contributed by atoms with E-state index >= 15 is 0 Å². The van der Waals surface area contributed by atoms with E-state index in [1.54, 1.807) is 0 Å². The smallest absolute Gasteiger partial charge is 0.226 e. The molecule has 126 valence electrons. The monoisotopic (exact) mass is 302 g/mol. The molecule has 0 saturated carbocycles. The van der Waals surface area contributed by atoms with E-state index in [1.165, 1.54) is 59.0 Å². The average Bonchev–Trinajstić information content (AvgIpc) is 2.47. The average molecular weight is 302 g/mol. The first-order chi connectivity index (χ1) is 9.95. The molecule has 0 saturated heterocycles. The van der Waals surface area contributed by atoms with Crippen molar-refractivity contribution in [2.45, 2.75) is 90.3 Å². The van der Waals surface area contributed by atoms with Gasteiger partial charge in [-0.2, -0.15) is 0 Å². The van der Waals surface area contributed by atoms with E-state index in [4.69, 9.17) is 4.74 Å². The topological polar surface area (TPSA) is 69.9 Å². The maximum Gasteiger partial charge on any atom is 0.226 e. The highest BCUT2D eigenvalue weighted by atomic mass is 16.5. The molecule has 0 bridgehead atoms. The molecule has 4 nitrogen and oxygen atoms in total. The van der Waals surface area contributed by atoms with Crippen LogP contribution in [0.3, 0.4) is 0 Å². The Labute approximate surface area is 129 Å². The Kier molecular flexibility index (Phi) is 11.5. The van der Waals surface area contributed by atoms with Crippen LogP contribution in [0.15, 0.2) is 11.5 Å². The minimum atomic E-state index is -2.17. The molecule has 0 heterocycles. The first-order valence-corrected chi connectivity index (χ1v) is 8.34. The van der Waals surface area contributed by atoms with E-state index in [0.29, 0.717) is 6.42 Å². The summed E-state index contributed by atoms with van der Waals surface area (Å²) in [5.74, 6) is -2.51. The van der Waals surface area contributed by atoms with Gasteiger partial charge >= 0.3 is 0 Å². The van der Waals surface area contributed by atoms with E-state index in [0.717, 1.165) is 12.8 Å². The van der Waals surface area contributed by atoms with Gasteiger partial charge in [-0.05, 0) is 13.3 Å². The Balaban J connectivity index is 3.62. The van der Waals surface area contributed by atoms with Crippen LogP contribution in [0.25, 0.3) is 0 Å². The summed E-state index contributed by atoms with van der Waals surface area (Å²) in [5, 5.41) is 29.2. The van der Waals surface area contributed by atoms with Gasteiger partial charge in [0.1, 0.15) is 5.76 Å². The third-order valence-corrected chi connectivity index (χ3v) is 3.90. The van der Waals surface area contributed by atoms with Crippen LogP contribution in [0.4, 0.5) is 0 Å². The number of allylic oxidation sites excluding steroid dienone is 1. The molecule has 0 radical (unpaired) electrons. The fourth-order valence-electron chi connectivity index (χ4n) is 2.36. The zero-order valence-electron chi connectivity index (χ0n) is 14.0. The lowest BCUT2D eigenvalue weighted by molar-refractivity contribution is -0.160. The van der Waals surface area contributed by atoms with Crippen molar-refractivity contribution in [3.63, 3.8) is 0 Å². The molecule has 0 aliphatic heterocycles. The zero-order valence-corrected chi connectivity index (χ0v) is 14.0. The van der Waals surface area contributed by atoms with Crippen LogP contribution in [-0.2, 0) is 4.74 Å². The molecule has 0 spiro atoms. The van der Waals surface area contributed by atoms with Crippen molar-refractivity contribution >= 4 is 0 Å². The number of unbranched alkanes of at least 4 members (excludes halogenated alkanes) is 9. The van der Waals surface area contributed by atoms with Gasteiger partial charge in [-0.15, -0.1) is 0 Å². The van der Waals surface area contributed by atoms with E-state index in [9.17, 15) is 15.3 Å². The van der Waals surface area contributed by atoms with Crippen molar-refractivity contribution in [3.8, 4) is 0 Å². The molecule has 0 aromatic carbocycles. The van der Waals surface area contributed by atoms with Crippen LogP contribution in [0.1, 0.15) is 84.5 Å². The quantitative estimate of drug-likeness (QED) is 0.268. The Hall–Kier alpha value is -0.740. The fraction of sp³-hybridized carbons (Fsp3) is 0.882. The van der Waals surface area contributed by atoms with Gasteiger partial charge in [-0.25, -0.2) is 0 Å². The summed E-state index contributed by atoms with van der Waals surface area (Å²) in [7, 11) is 1.39. The second-order valence-corrected chi connectivity index (χ2v) is 5.86. The Bertz CT molecular complexity index is 285. The van der Waals surface area contributed by atoms with Gasteiger partial charge in [0.15, 0.2) is 5.76 Å². The number of methoxy groups -OCH3 is 1. The molecule has 0 aliphatic carbocycles. The second kappa shape index (κ2) is 11.9. The van der Waals surface area contributed by atoms with Crippen LogP contribution in [0, 0.1) is 0 Å². The number of hydrogen-bond donors (Lipinski definition) is 3. The van der Waals surface area contributed by atoms with Crippen molar-refractivity contribution in [2.75, 3.05) is 7.11 Å². The summed E-state index contributed by atoms with van der Waals surface area (Å²) in [6, 6.07) is 0. The maximum absolute atomic E-state index is 9.78. The van der Waals surface area contributed by atoms with Crippen molar-refractivity contribution < 1.29 is 20.1 Å². The highest BCUT2D eigenvalue weighted by molar-refractivity contribution is 5.06. The largest absolute Gasteiger partial charge is 0.504 e. The molecule has 0 rings (SSSR count). The first-order valence-electron chi connectivity index (χ1n) is 8.34. The SMILES string of the molecule is CCCCCCCCCCCCC(O)(O)C(O)=C(C)OC. The Morgan fingerprint density at radius 1 is 0.857 bits per heavy atom. The van der Waals surface area contributed by atoms with Crippen LogP contribution in [-0.4, -0.2) is 28.2 Å². The second-order valence-electron chi connectivity index (χ2n) is 5.86. The highest BCUT2D eigenvalue weighted by Crippen LogP contribution is 2.22. The van der Waals surface area contributed by atoms with Crippen LogP contribution >= 0.6 is 0 Å². The molecule has 0 aromatic rings. The number of aliphatic hydroxyl groups is 3. The summed E-state index contributed by atoms with van der Waals surface area (Å²) in [6.07, 6.45) is 12.0. The summed E-state index contributed by atoms with van der Waals surface area (Å²) in [6.45, 7) is 3.73. The predicted octanol–water partition coefficient (Wildman–Crippen LogP) is 4.41. The van der Waals surface area contributed by atoms with Crippen molar-refractivity contribution in [3.05, 3.63) is 11.5 Å². The lowest BCUT2D eigenvalue weighted by Crippen LogP contribution is -2.31. The van der Waals surface area contributed by atoms with Gasteiger partial charge in [-0.3, -0.25) is 0 Å². The van der Waals surface area contributed by atoms with Crippen molar-refractivity contribution in [1.29, 1.82) is 0 Å². The number of hydrogen-bond acceptors (Lipinski definition) is 4. The standard InChI is InChI=1S/C17H34O4/c1-4-5-6-7-8-9-10-11-12-13-14-17(19,20)16(18)15(2)21-3/h18-20H,4-14H2,1-3H3. The maximum atomic E-state index is 9.78. The minimum absolute atomic E-state index is 0.135. The van der Waals surface area contributed by atoms with Crippen molar-refractivity contribution in [1.82, 2.24) is 0 Å². The third kappa shape index (κ3) is 9.75. The zero-order chi connectivity index (χ0) is 16.1. The summed E-state index contributed by atoms with van der Waals surface area (Å²) < 4.78 is 4.81. The molecular formula is C17H34O4. The molecule has 3 N–H and O–H groups in total. The highest BCUT2D eigenvalue weighted by Gasteiger charge is 2.30. The number of ether oxygens (including phenoxy) is 1.